The average molecular weight is 156 g/mol. The van der Waals surface area contributed by atoms with Gasteiger partial charge in [0.05, 0.1) is 0 Å². The summed E-state index contributed by atoms with van der Waals surface area (Å²) in [6.45, 7) is 0.929. The number of hydrogen-bond donors (Lipinski definition) is 2. The Morgan fingerprint density at radius 2 is 2.27 bits per heavy atom. The smallest absolute Gasteiger partial charge is 0.220 e. The molecule has 2 N–H and O–H groups in total. The molecule has 0 bridgehead atoms. The van der Waals surface area contributed by atoms with Crippen molar-refractivity contribution in [3.05, 3.63) is 0 Å². The first-order valence-electron chi connectivity index (χ1n) is 4.27. The molecular formula is C8H16N2O. The van der Waals surface area contributed by atoms with Gasteiger partial charge in [0.1, 0.15) is 0 Å². The van der Waals surface area contributed by atoms with E-state index in [9.17, 15) is 4.79 Å². The van der Waals surface area contributed by atoms with Gasteiger partial charge in [0, 0.05) is 12.5 Å². The maximum absolute atomic E-state index is 11.0. The maximum atomic E-state index is 11.0. The summed E-state index contributed by atoms with van der Waals surface area (Å²) in [5, 5.41) is 5.96. The molecule has 0 radical (unpaired) electrons. The number of rotatable bonds is 5. The van der Waals surface area contributed by atoms with Crippen LogP contribution in [0.3, 0.4) is 0 Å². The number of carbonyl (C=O) groups is 1. The molecule has 0 spiro atoms. The van der Waals surface area contributed by atoms with Crippen molar-refractivity contribution >= 4 is 5.91 Å². The Morgan fingerprint density at radius 3 is 2.82 bits per heavy atom. The van der Waals surface area contributed by atoms with E-state index in [4.69, 9.17) is 0 Å². The zero-order chi connectivity index (χ0) is 8.10. The van der Waals surface area contributed by atoms with Crippen LogP contribution >= 0.6 is 0 Å². The average Bonchev–Trinajstić information content (AvgIpc) is 2.72. The minimum atomic E-state index is 0.211. The predicted molar refractivity (Wildman–Crippen MR) is 44.3 cm³/mol. The molecule has 1 aliphatic carbocycles. The summed E-state index contributed by atoms with van der Waals surface area (Å²) in [6, 6.07) is 0.511. The third-order valence-corrected chi connectivity index (χ3v) is 1.77. The monoisotopic (exact) mass is 156 g/mol. The van der Waals surface area contributed by atoms with Gasteiger partial charge in [-0.25, -0.2) is 0 Å². The lowest BCUT2D eigenvalue weighted by Crippen LogP contribution is -2.25. The van der Waals surface area contributed by atoms with Gasteiger partial charge in [-0.05, 0) is 32.9 Å². The summed E-state index contributed by atoms with van der Waals surface area (Å²) in [5.74, 6) is 0.211. The largest absolute Gasteiger partial charge is 0.353 e. The molecule has 1 amide bonds. The van der Waals surface area contributed by atoms with Gasteiger partial charge in [0.25, 0.3) is 0 Å². The highest BCUT2D eigenvalue weighted by atomic mass is 16.1. The second kappa shape index (κ2) is 4.34. The molecule has 0 unspecified atom stereocenters. The first kappa shape index (κ1) is 8.53. The van der Waals surface area contributed by atoms with Crippen molar-refractivity contribution in [2.75, 3.05) is 13.6 Å². The van der Waals surface area contributed by atoms with Gasteiger partial charge in [0.2, 0.25) is 5.91 Å². The normalized spacial score (nSPS) is 16.5. The van der Waals surface area contributed by atoms with Crippen LogP contribution in [0.1, 0.15) is 25.7 Å². The first-order valence-corrected chi connectivity index (χ1v) is 4.27. The van der Waals surface area contributed by atoms with Crippen molar-refractivity contribution in [1.82, 2.24) is 10.6 Å². The van der Waals surface area contributed by atoms with E-state index in [0.29, 0.717) is 12.5 Å². The fourth-order valence-corrected chi connectivity index (χ4v) is 0.953. The van der Waals surface area contributed by atoms with Crippen LogP contribution < -0.4 is 10.6 Å². The zero-order valence-electron chi connectivity index (χ0n) is 7.02. The topological polar surface area (TPSA) is 41.1 Å². The van der Waals surface area contributed by atoms with Gasteiger partial charge in [-0.15, -0.1) is 0 Å². The molecule has 0 saturated heterocycles. The maximum Gasteiger partial charge on any atom is 0.220 e. The number of nitrogens with one attached hydrogen (secondary N) is 2. The van der Waals surface area contributed by atoms with Gasteiger partial charge in [-0.2, -0.15) is 0 Å². The SMILES string of the molecule is CNCCCC(=O)NC1CC1. The Labute approximate surface area is 67.5 Å². The molecule has 1 saturated carbocycles. The van der Waals surface area contributed by atoms with Crippen LogP contribution in [0.2, 0.25) is 0 Å². The highest BCUT2D eigenvalue weighted by Gasteiger charge is 2.22. The summed E-state index contributed by atoms with van der Waals surface area (Å²) in [6.07, 6.45) is 3.96. The van der Waals surface area contributed by atoms with E-state index in [0.717, 1.165) is 13.0 Å². The molecule has 1 rings (SSSR count). The van der Waals surface area contributed by atoms with Gasteiger partial charge in [-0.1, -0.05) is 0 Å². The van der Waals surface area contributed by atoms with Crippen molar-refractivity contribution in [3.63, 3.8) is 0 Å². The molecule has 1 fully saturated rings. The van der Waals surface area contributed by atoms with Crippen LogP contribution in [-0.2, 0) is 4.79 Å². The highest BCUT2D eigenvalue weighted by molar-refractivity contribution is 5.76. The lowest BCUT2D eigenvalue weighted by Gasteiger charge is -2.01. The Morgan fingerprint density at radius 1 is 1.55 bits per heavy atom. The molecule has 0 atom stereocenters. The van der Waals surface area contributed by atoms with Crippen molar-refractivity contribution in [2.24, 2.45) is 0 Å². The molecule has 3 heteroatoms. The highest BCUT2D eigenvalue weighted by Crippen LogP contribution is 2.18. The van der Waals surface area contributed by atoms with E-state index in [1.54, 1.807) is 0 Å². The Kier molecular flexibility index (Phi) is 3.36. The molecule has 11 heavy (non-hydrogen) atoms. The summed E-state index contributed by atoms with van der Waals surface area (Å²) in [7, 11) is 1.90. The molecule has 3 nitrogen and oxygen atoms in total. The van der Waals surface area contributed by atoms with Gasteiger partial charge in [0.15, 0.2) is 0 Å². The fraction of sp³-hybridized carbons (Fsp3) is 0.875. The van der Waals surface area contributed by atoms with Crippen LogP contribution in [0.4, 0.5) is 0 Å². The summed E-state index contributed by atoms with van der Waals surface area (Å²) in [5.41, 5.74) is 0. The third-order valence-electron chi connectivity index (χ3n) is 1.77. The first-order chi connectivity index (χ1) is 5.33. The molecule has 0 aromatic carbocycles. The minimum absolute atomic E-state index is 0.211. The molecule has 1 aliphatic rings. The van der Waals surface area contributed by atoms with Gasteiger partial charge >= 0.3 is 0 Å². The molecule has 0 aromatic rings. The van der Waals surface area contributed by atoms with E-state index in [-0.39, 0.29) is 5.91 Å². The summed E-state index contributed by atoms with van der Waals surface area (Å²) < 4.78 is 0. The van der Waals surface area contributed by atoms with Crippen molar-refractivity contribution < 1.29 is 4.79 Å². The fourth-order valence-electron chi connectivity index (χ4n) is 0.953. The molecule has 0 aromatic heterocycles. The van der Waals surface area contributed by atoms with Crippen molar-refractivity contribution in [3.8, 4) is 0 Å². The van der Waals surface area contributed by atoms with E-state index < -0.39 is 0 Å². The lowest BCUT2D eigenvalue weighted by molar-refractivity contribution is -0.121. The van der Waals surface area contributed by atoms with Crippen LogP contribution in [0.25, 0.3) is 0 Å². The number of hydrogen-bond acceptors (Lipinski definition) is 2. The van der Waals surface area contributed by atoms with E-state index >= 15 is 0 Å². The number of amides is 1. The Balaban J connectivity index is 1.92. The van der Waals surface area contributed by atoms with Crippen LogP contribution in [0, 0.1) is 0 Å². The minimum Gasteiger partial charge on any atom is -0.353 e. The second-order valence-corrected chi connectivity index (χ2v) is 3.05. The predicted octanol–water partition coefficient (Wildman–Crippen LogP) is 0.265. The molecule has 0 heterocycles. The number of carbonyl (C=O) groups excluding carboxylic acids is 1. The lowest BCUT2D eigenvalue weighted by atomic mass is 10.3. The summed E-state index contributed by atoms with van der Waals surface area (Å²) >= 11 is 0. The molecule has 64 valence electrons. The van der Waals surface area contributed by atoms with Crippen molar-refractivity contribution in [1.29, 1.82) is 0 Å². The molecular weight excluding hydrogens is 140 g/mol. The van der Waals surface area contributed by atoms with Crippen LogP contribution in [-0.4, -0.2) is 25.5 Å². The molecule has 0 aliphatic heterocycles. The Bertz CT molecular complexity index is 132. The quantitative estimate of drug-likeness (QED) is 0.561. The Hall–Kier alpha value is -0.570. The van der Waals surface area contributed by atoms with Crippen molar-refractivity contribution in [2.45, 2.75) is 31.7 Å². The van der Waals surface area contributed by atoms with Gasteiger partial charge < -0.3 is 10.6 Å². The van der Waals surface area contributed by atoms with Gasteiger partial charge in [-0.3, -0.25) is 4.79 Å². The second-order valence-electron chi connectivity index (χ2n) is 3.05. The standard InChI is InChI=1S/C8H16N2O/c1-9-6-2-3-8(11)10-7-4-5-7/h7,9H,2-6H2,1H3,(H,10,11). The van der Waals surface area contributed by atoms with Crippen LogP contribution in [0.15, 0.2) is 0 Å². The zero-order valence-corrected chi connectivity index (χ0v) is 7.02. The third kappa shape index (κ3) is 3.98. The summed E-state index contributed by atoms with van der Waals surface area (Å²) in [4.78, 5) is 11.0. The van der Waals surface area contributed by atoms with E-state index in [1.807, 2.05) is 7.05 Å². The van der Waals surface area contributed by atoms with Crippen LogP contribution in [0.5, 0.6) is 0 Å². The van der Waals surface area contributed by atoms with E-state index in [2.05, 4.69) is 10.6 Å². The van der Waals surface area contributed by atoms with E-state index in [1.165, 1.54) is 12.8 Å².